The van der Waals surface area contributed by atoms with Crippen molar-refractivity contribution >= 4 is 11.6 Å². The molecule has 1 N–H and O–H groups in total. The van der Waals surface area contributed by atoms with Crippen LogP contribution in [0.1, 0.15) is 18.9 Å². The highest BCUT2D eigenvalue weighted by Crippen LogP contribution is 2.32. The Kier molecular flexibility index (Phi) is 4.20. The Hall–Kier alpha value is -1.55. The molecule has 0 saturated carbocycles. The second-order valence-electron chi connectivity index (χ2n) is 4.50. The first-order valence-electron chi connectivity index (χ1n) is 6.45. The highest BCUT2D eigenvalue weighted by molar-refractivity contribution is 5.97. The summed E-state index contributed by atoms with van der Waals surface area (Å²) in [6, 6.07) is 6.09. The zero-order valence-corrected chi connectivity index (χ0v) is 11.0. The lowest BCUT2D eigenvalue weighted by Gasteiger charge is -2.26. The van der Waals surface area contributed by atoms with Crippen LogP contribution in [0.15, 0.2) is 18.2 Å². The van der Waals surface area contributed by atoms with Crippen LogP contribution in [0.3, 0.4) is 0 Å². The van der Waals surface area contributed by atoms with Gasteiger partial charge in [0.15, 0.2) is 6.61 Å². The molecular formula is C14H20N2O2. The summed E-state index contributed by atoms with van der Waals surface area (Å²) in [6.45, 7) is 4.29. The van der Waals surface area contributed by atoms with Crippen LogP contribution in [0.5, 0.6) is 5.75 Å². The summed E-state index contributed by atoms with van der Waals surface area (Å²) in [5, 5.41) is 3.31. The van der Waals surface area contributed by atoms with Gasteiger partial charge in [-0.2, -0.15) is 0 Å². The Bertz CT molecular complexity index is 432. The molecule has 4 nitrogen and oxygen atoms in total. The van der Waals surface area contributed by atoms with Gasteiger partial charge in [-0.1, -0.05) is 13.0 Å². The van der Waals surface area contributed by atoms with E-state index >= 15 is 0 Å². The summed E-state index contributed by atoms with van der Waals surface area (Å²) in [5.41, 5.74) is 2.13. The molecule has 0 fully saturated rings. The van der Waals surface area contributed by atoms with Gasteiger partial charge < -0.3 is 15.0 Å². The molecule has 1 aliphatic heterocycles. The Morgan fingerprint density at radius 2 is 2.28 bits per heavy atom. The number of fused-ring (bicyclic) bond motifs is 1. The lowest BCUT2D eigenvalue weighted by molar-refractivity contribution is -0.120. The molecule has 0 bridgehead atoms. The molecule has 1 heterocycles. The van der Waals surface area contributed by atoms with E-state index in [0.29, 0.717) is 0 Å². The molecule has 1 aromatic carbocycles. The minimum Gasteiger partial charge on any atom is -0.482 e. The van der Waals surface area contributed by atoms with Gasteiger partial charge in [0.2, 0.25) is 0 Å². The van der Waals surface area contributed by atoms with Crippen molar-refractivity contribution in [3.05, 3.63) is 23.8 Å². The third-order valence-corrected chi connectivity index (χ3v) is 3.18. The van der Waals surface area contributed by atoms with Crippen LogP contribution in [-0.2, 0) is 11.2 Å². The van der Waals surface area contributed by atoms with Gasteiger partial charge in [0.1, 0.15) is 5.75 Å². The summed E-state index contributed by atoms with van der Waals surface area (Å²) < 4.78 is 5.40. The maximum Gasteiger partial charge on any atom is 0.264 e. The van der Waals surface area contributed by atoms with Gasteiger partial charge in [0, 0.05) is 7.05 Å². The minimum absolute atomic E-state index is 0.00676. The molecule has 1 amide bonds. The second-order valence-corrected chi connectivity index (χ2v) is 4.50. The lowest BCUT2D eigenvalue weighted by Crippen LogP contribution is -2.35. The number of anilines is 1. The summed E-state index contributed by atoms with van der Waals surface area (Å²) >= 11 is 0. The molecule has 98 valence electrons. The molecule has 0 atom stereocenters. The number of benzene rings is 1. The predicted molar refractivity (Wildman–Crippen MR) is 72.2 cm³/mol. The van der Waals surface area contributed by atoms with E-state index in [4.69, 9.17) is 4.74 Å². The molecule has 0 aromatic heterocycles. The Labute approximate surface area is 108 Å². The number of nitrogens with zero attached hydrogens (tertiary/aromatic N) is 1. The molecular weight excluding hydrogens is 228 g/mol. The zero-order chi connectivity index (χ0) is 13.0. The highest BCUT2D eigenvalue weighted by Gasteiger charge is 2.21. The molecule has 4 heteroatoms. The monoisotopic (exact) mass is 248 g/mol. The van der Waals surface area contributed by atoms with E-state index in [2.05, 4.69) is 24.4 Å². The van der Waals surface area contributed by atoms with Crippen molar-refractivity contribution in [2.75, 3.05) is 31.6 Å². The van der Waals surface area contributed by atoms with Gasteiger partial charge in [0.05, 0.1) is 5.69 Å². The van der Waals surface area contributed by atoms with Crippen molar-refractivity contribution in [1.82, 2.24) is 5.32 Å². The molecule has 0 saturated heterocycles. The number of rotatable bonds is 5. The summed E-state index contributed by atoms with van der Waals surface area (Å²) in [7, 11) is 1.80. The van der Waals surface area contributed by atoms with Crippen LogP contribution in [-0.4, -0.2) is 32.7 Å². The van der Waals surface area contributed by atoms with E-state index in [0.717, 1.165) is 37.4 Å². The molecule has 2 rings (SSSR count). The average Bonchev–Trinajstić information content (AvgIpc) is 2.39. The zero-order valence-electron chi connectivity index (χ0n) is 11.0. The molecule has 0 radical (unpaired) electrons. The number of carbonyl (C=O) groups is 1. The maximum atomic E-state index is 11.6. The van der Waals surface area contributed by atoms with Gasteiger partial charge in [-0.05, 0) is 43.6 Å². The third kappa shape index (κ3) is 2.82. The topological polar surface area (TPSA) is 41.6 Å². The van der Waals surface area contributed by atoms with Crippen molar-refractivity contribution in [1.29, 1.82) is 0 Å². The molecule has 0 spiro atoms. The molecule has 0 aliphatic carbocycles. The van der Waals surface area contributed by atoms with Crippen LogP contribution in [0, 0.1) is 0 Å². The fourth-order valence-electron chi connectivity index (χ4n) is 2.07. The maximum absolute atomic E-state index is 11.6. The van der Waals surface area contributed by atoms with E-state index in [1.807, 2.05) is 6.07 Å². The first kappa shape index (κ1) is 12.9. The first-order valence-corrected chi connectivity index (χ1v) is 6.45. The molecule has 1 aliphatic rings. The Morgan fingerprint density at radius 3 is 3.06 bits per heavy atom. The fourth-order valence-corrected chi connectivity index (χ4v) is 2.07. The largest absolute Gasteiger partial charge is 0.482 e. The van der Waals surface area contributed by atoms with Crippen LogP contribution >= 0.6 is 0 Å². The third-order valence-electron chi connectivity index (χ3n) is 3.18. The van der Waals surface area contributed by atoms with Crippen molar-refractivity contribution in [2.45, 2.75) is 19.8 Å². The van der Waals surface area contributed by atoms with Crippen LogP contribution < -0.4 is 15.0 Å². The second kappa shape index (κ2) is 5.87. The number of likely N-dealkylation sites (N-methyl/N-ethyl adjacent to an activating group) is 1. The van der Waals surface area contributed by atoms with Crippen molar-refractivity contribution < 1.29 is 9.53 Å². The first-order chi connectivity index (χ1) is 8.72. The quantitative estimate of drug-likeness (QED) is 0.804. The van der Waals surface area contributed by atoms with Gasteiger partial charge in [-0.15, -0.1) is 0 Å². The van der Waals surface area contributed by atoms with Gasteiger partial charge in [0.25, 0.3) is 5.91 Å². The molecule has 0 unspecified atom stereocenters. The standard InChI is InChI=1S/C14H20N2O2/c1-3-15-8-4-5-11-6-7-13-12(9-11)16(2)14(17)10-18-13/h6-7,9,15H,3-5,8,10H2,1-2H3. The van der Waals surface area contributed by atoms with Crippen LogP contribution in [0.2, 0.25) is 0 Å². The normalized spacial score (nSPS) is 14.3. The number of hydrogen-bond acceptors (Lipinski definition) is 3. The van der Waals surface area contributed by atoms with E-state index in [9.17, 15) is 4.79 Å². The van der Waals surface area contributed by atoms with Crippen LogP contribution in [0.25, 0.3) is 0 Å². The van der Waals surface area contributed by atoms with E-state index in [1.54, 1.807) is 11.9 Å². The number of carbonyl (C=O) groups excluding carboxylic acids is 1. The highest BCUT2D eigenvalue weighted by atomic mass is 16.5. The minimum atomic E-state index is 0.00676. The van der Waals surface area contributed by atoms with Gasteiger partial charge in [-0.25, -0.2) is 0 Å². The van der Waals surface area contributed by atoms with Crippen LogP contribution in [0.4, 0.5) is 5.69 Å². The number of nitrogens with one attached hydrogen (secondary N) is 1. The number of ether oxygens (including phenoxy) is 1. The van der Waals surface area contributed by atoms with Gasteiger partial charge in [-0.3, -0.25) is 4.79 Å². The lowest BCUT2D eigenvalue weighted by atomic mass is 10.1. The van der Waals surface area contributed by atoms with Crippen molar-refractivity contribution in [2.24, 2.45) is 0 Å². The van der Waals surface area contributed by atoms with E-state index in [-0.39, 0.29) is 12.5 Å². The van der Waals surface area contributed by atoms with E-state index in [1.165, 1.54) is 5.56 Å². The van der Waals surface area contributed by atoms with E-state index < -0.39 is 0 Å². The number of aryl methyl sites for hydroxylation is 1. The summed E-state index contributed by atoms with van der Waals surface area (Å²) in [4.78, 5) is 13.2. The molecule has 18 heavy (non-hydrogen) atoms. The van der Waals surface area contributed by atoms with Crippen molar-refractivity contribution in [3.63, 3.8) is 0 Å². The van der Waals surface area contributed by atoms with Gasteiger partial charge >= 0.3 is 0 Å². The smallest absolute Gasteiger partial charge is 0.264 e. The Balaban J connectivity index is 2.04. The fraction of sp³-hybridized carbons (Fsp3) is 0.500. The number of amides is 1. The van der Waals surface area contributed by atoms with Crippen molar-refractivity contribution in [3.8, 4) is 5.75 Å². The molecule has 1 aromatic rings. The average molecular weight is 248 g/mol. The SMILES string of the molecule is CCNCCCc1ccc2c(c1)N(C)C(=O)CO2. The summed E-state index contributed by atoms with van der Waals surface area (Å²) in [5.74, 6) is 0.805. The summed E-state index contributed by atoms with van der Waals surface area (Å²) in [6.07, 6.45) is 2.12. The Morgan fingerprint density at radius 1 is 1.44 bits per heavy atom. The number of hydrogen-bond donors (Lipinski definition) is 1. The predicted octanol–water partition coefficient (Wildman–Crippen LogP) is 1.58.